The minimum absolute atomic E-state index is 0.324. The Labute approximate surface area is 169 Å². The lowest BCUT2D eigenvalue weighted by atomic mass is 10.2. The SMILES string of the molecule is N#Cc1ccc(-c2nn(-c3cncc(F)c3)cc2Sc2ccc(Cl)cc2)cn1. The molecule has 0 radical (unpaired) electrons. The van der Waals surface area contributed by atoms with Crippen molar-refractivity contribution in [1.29, 1.82) is 5.26 Å². The lowest BCUT2D eigenvalue weighted by molar-refractivity contribution is 0.618. The van der Waals surface area contributed by atoms with Gasteiger partial charge in [-0.3, -0.25) is 4.98 Å². The second-order valence-corrected chi connectivity index (χ2v) is 7.30. The van der Waals surface area contributed by atoms with Crippen molar-refractivity contribution in [2.45, 2.75) is 9.79 Å². The Morgan fingerprint density at radius 1 is 1.07 bits per heavy atom. The van der Waals surface area contributed by atoms with E-state index in [9.17, 15) is 4.39 Å². The highest BCUT2D eigenvalue weighted by Gasteiger charge is 2.15. The number of hydrogen-bond donors (Lipinski definition) is 0. The maximum absolute atomic E-state index is 13.6. The molecule has 0 aliphatic heterocycles. The minimum Gasteiger partial charge on any atom is -0.259 e. The van der Waals surface area contributed by atoms with Crippen LogP contribution < -0.4 is 0 Å². The number of rotatable bonds is 4. The monoisotopic (exact) mass is 407 g/mol. The molecule has 0 spiro atoms. The van der Waals surface area contributed by atoms with Crippen molar-refractivity contribution in [2.75, 3.05) is 0 Å². The van der Waals surface area contributed by atoms with Crippen molar-refractivity contribution in [3.05, 3.63) is 83.8 Å². The topological polar surface area (TPSA) is 67.4 Å². The van der Waals surface area contributed by atoms with Gasteiger partial charge in [0.1, 0.15) is 23.3 Å². The van der Waals surface area contributed by atoms with Gasteiger partial charge in [-0.25, -0.2) is 14.1 Å². The molecule has 0 aliphatic rings. The third-order valence-corrected chi connectivity index (χ3v) is 5.11. The number of halogens is 2. The largest absolute Gasteiger partial charge is 0.259 e. The molecule has 0 aliphatic carbocycles. The third kappa shape index (κ3) is 3.88. The van der Waals surface area contributed by atoms with Gasteiger partial charge in [0.2, 0.25) is 0 Å². The molecule has 0 bridgehead atoms. The molecule has 5 nitrogen and oxygen atoms in total. The van der Waals surface area contributed by atoms with Crippen LogP contribution in [0.2, 0.25) is 5.02 Å². The Balaban J connectivity index is 1.79. The number of nitriles is 1. The zero-order valence-corrected chi connectivity index (χ0v) is 15.8. The first-order valence-electron chi connectivity index (χ1n) is 8.13. The van der Waals surface area contributed by atoms with E-state index < -0.39 is 5.82 Å². The van der Waals surface area contributed by atoms with Crippen molar-refractivity contribution >= 4 is 23.4 Å². The van der Waals surface area contributed by atoms with E-state index in [2.05, 4.69) is 15.1 Å². The van der Waals surface area contributed by atoms with Crippen LogP contribution in [-0.2, 0) is 0 Å². The van der Waals surface area contributed by atoms with Crippen LogP contribution in [0.1, 0.15) is 5.69 Å². The molecule has 0 saturated heterocycles. The number of pyridine rings is 2. The molecular weight excluding hydrogens is 397 g/mol. The minimum atomic E-state index is -0.443. The maximum atomic E-state index is 13.6. The number of hydrogen-bond acceptors (Lipinski definition) is 5. The van der Waals surface area contributed by atoms with Gasteiger partial charge in [0.15, 0.2) is 0 Å². The molecule has 136 valence electrons. The second-order valence-electron chi connectivity index (χ2n) is 5.75. The standard InChI is InChI=1S/C20H11ClFN5S/c21-14-2-5-18(6-3-14)28-19-12-27(17-7-15(22)10-24-11-17)26-20(19)13-1-4-16(8-23)25-9-13/h1-7,9-12H. The third-order valence-electron chi connectivity index (χ3n) is 3.83. The lowest BCUT2D eigenvalue weighted by Gasteiger charge is -2.02. The summed E-state index contributed by atoms with van der Waals surface area (Å²) in [5, 5.41) is 14.2. The molecule has 3 heterocycles. The van der Waals surface area contributed by atoms with Crippen molar-refractivity contribution in [1.82, 2.24) is 19.7 Å². The predicted molar refractivity (Wildman–Crippen MR) is 105 cm³/mol. The van der Waals surface area contributed by atoms with Gasteiger partial charge in [0.25, 0.3) is 0 Å². The van der Waals surface area contributed by atoms with Crippen LogP contribution in [-0.4, -0.2) is 19.7 Å². The first-order valence-corrected chi connectivity index (χ1v) is 9.32. The van der Waals surface area contributed by atoms with E-state index in [1.165, 1.54) is 24.0 Å². The first kappa shape index (κ1) is 18.2. The smallest absolute Gasteiger partial charge is 0.143 e. The second kappa shape index (κ2) is 7.80. The Kier molecular flexibility index (Phi) is 5.06. The van der Waals surface area contributed by atoms with Crippen molar-refractivity contribution in [3.63, 3.8) is 0 Å². The molecule has 0 unspecified atom stereocenters. The first-order chi connectivity index (χ1) is 13.6. The van der Waals surface area contributed by atoms with Gasteiger partial charge in [-0.15, -0.1) is 0 Å². The van der Waals surface area contributed by atoms with Gasteiger partial charge in [-0.1, -0.05) is 23.4 Å². The van der Waals surface area contributed by atoms with E-state index in [0.29, 0.717) is 22.1 Å². The quantitative estimate of drug-likeness (QED) is 0.468. The molecule has 3 aromatic heterocycles. The molecule has 28 heavy (non-hydrogen) atoms. The number of benzene rings is 1. The molecule has 0 atom stereocenters. The molecule has 1 aromatic carbocycles. The predicted octanol–water partition coefficient (Wildman–Crippen LogP) is 5.14. The van der Waals surface area contributed by atoms with Crippen LogP contribution in [0.5, 0.6) is 0 Å². The zero-order valence-electron chi connectivity index (χ0n) is 14.3. The molecule has 0 amide bonds. The Bertz CT molecular complexity index is 1170. The van der Waals surface area contributed by atoms with Gasteiger partial charge in [0.05, 0.1) is 23.0 Å². The highest BCUT2D eigenvalue weighted by atomic mass is 35.5. The average Bonchev–Trinajstić information content (AvgIpc) is 3.14. The summed E-state index contributed by atoms with van der Waals surface area (Å²) in [5.74, 6) is -0.443. The van der Waals surface area contributed by atoms with Crippen LogP contribution in [0.25, 0.3) is 16.9 Å². The summed E-state index contributed by atoms with van der Waals surface area (Å²) in [6, 6.07) is 14.2. The number of aromatic nitrogens is 4. The van der Waals surface area contributed by atoms with Crippen LogP contribution >= 0.6 is 23.4 Å². The molecule has 4 rings (SSSR count). The van der Waals surface area contributed by atoms with E-state index in [0.717, 1.165) is 21.6 Å². The van der Waals surface area contributed by atoms with Gasteiger partial charge >= 0.3 is 0 Å². The maximum Gasteiger partial charge on any atom is 0.143 e. The summed E-state index contributed by atoms with van der Waals surface area (Å²) in [4.78, 5) is 9.82. The van der Waals surface area contributed by atoms with Crippen molar-refractivity contribution in [3.8, 4) is 23.0 Å². The highest BCUT2D eigenvalue weighted by Crippen LogP contribution is 2.36. The van der Waals surface area contributed by atoms with Gasteiger partial charge in [0, 0.05) is 33.9 Å². The highest BCUT2D eigenvalue weighted by molar-refractivity contribution is 7.99. The molecular formula is C20H11ClFN5S. The van der Waals surface area contributed by atoms with E-state index in [1.807, 2.05) is 36.5 Å². The summed E-state index contributed by atoms with van der Waals surface area (Å²) >= 11 is 7.47. The van der Waals surface area contributed by atoms with Crippen LogP contribution in [0.15, 0.2) is 77.0 Å². The molecule has 8 heteroatoms. The summed E-state index contributed by atoms with van der Waals surface area (Å²) in [6.45, 7) is 0. The Hall–Kier alpha value is -3.21. The summed E-state index contributed by atoms with van der Waals surface area (Å²) in [5.41, 5.74) is 2.25. The van der Waals surface area contributed by atoms with Crippen molar-refractivity contribution in [2.24, 2.45) is 0 Å². The summed E-state index contributed by atoms with van der Waals surface area (Å²) in [7, 11) is 0. The Morgan fingerprint density at radius 2 is 1.89 bits per heavy atom. The van der Waals surface area contributed by atoms with Crippen LogP contribution in [0.3, 0.4) is 0 Å². The molecule has 0 fully saturated rings. The summed E-state index contributed by atoms with van der Waals surface area (Å²) in [6.07, 6.45) is 6.08. The number of nitrogens with zero attached hydrogens (tertiary/aromatic N) is 5. The fraction of sp³-hybridized carbons (Fsp3) is 0. The average molecular weight is 408 g/mol. The van der Waals surface area contributed by atoms with Gasteiger partial charge in [-0.2, -0.15) is 10.4 Å². The van der Waals surface area contributed by atoms with E-state index in [4.69, 9.17) is 16.9 Å². The fourth-order valence-electron chi connectivity index (χ4n) is 2.52. The normalized spacial score (nSPS) is 10.6. The lowest BCUT2D eigenvalue weighted by Crippen LogP contribution is -1.96. The van der Waals surface area contributed by atoms with Crippen LogP contribution in [0, 0.1) is 17.1 Å². The van der Waals surface area contributed by atoms with E-state index >= 15 is 0 Å². The van der Waals surface area contributed by atoms with Crippen LogP contribution in [0.4, 0.5) is 4.39 Å². The molecule has 0 N–H and O–H groups in total. The van der Waals surface area contributed by atoms with Gasteiger partial charge < -0.3 is 0 Å². The van der Waals surface area contributed by atoms with E-state index in [-0.39, 0.29) is 0 Å². The Morgan fingerprint density at radius 3 is 2.57 bits per heavy atom. The van der Waals surface area contributed by atoms with Crippen molar-refractivity contribution < 1.29 is 4.39 Å². The fourth-order valence-corrected chi connectivity index (χ4v) is 3.58. The molecule has 0 saturated carbocycles. The summed E-state index contributed by atoms with van der Waals surface area (Å²) < 4.78 is 15.2. The zero-order chi connectivity index (χ0) is 19.5. The molecule has 4 aromatic rings. The van der Waals surface area contributed by atoms with E-state index in [1.54, 1.807) is 23.0 Å². The van der Waals surface area contributed by atoms with Gasteiger partial charge in [-0.05, 0) is 36.4 Å².